The van der Waals surface area contributed by atoms with E-state index in [1.807, 2.05) is 0 Å². The highest BCUT2D eigenvalue weighted by atomic mass is 32.3. The van der Waals surface area contributed by atoms with Crippen molar-refractivity contribution >= 4 is 21.5 Å². The summed E-state index contributed by atoms with van der Waals surface area (Å²) in [5.74, 6) is 0. The first kappa shape index (κ1) is 11.0. The molecule has 1 N–H and O–H groups in total. The molecule has 0 saturated carbocycles. The van der Waals surface area contributed by atoms with Gasteiger partial charge in [-0.1, -0.05) is 0 Å². The number of hydrogen-bond acceptors (Lipinski definition) is 5. The molecule has 0 bridgehead atoms. The van der Waals surface area contributed by atoms with E-state index in [1.54, 1.807) is 11.4 Å². The normalized spacial score (nSPS) is 19.3. The minimum Gasteiger partial charge on any atom is -0.348 e. The van der Waals surface area contributed by atoms with Gasteiger partial charge < -0.3 is 9.47 Å². The Bertz CT molecular complexity index is 430. The summed E-state index contributed by atoms with van der Waals surface area (Å²) in [5, 5.41) is 1.58. The van der Waals surface area contributed by atoms with E-state index in [4.69, 9.17) is 14.0 Å². The van der Waals surface area contributed by atoms with E-state index in [9.17, 15) is 8.42 Å². The molecule has 1 saturated heterocycles. The van der Waals surface area contributed by atoms with E-state index >= 15 is 0 Å². The maximum atomic E-state index is 11.0. The van der Waals surface area contributed by atoms with Gasteiger partial charge in [0.1, 0.15) is 0 Å². The smallest absolute Gasteiger partial charge is 0.304 e. The van der Waals surface area contributed by atoms with Gasteiger partial charge in [-0.3, -0.25) is 4.55 Å². The molecule has 1 aliphatic heterocycles. The van der Waals surface area contributed by atoms with E-state index in [-0.39, 0.29) is 4.21 Å². The van der Waals surface area contributed by atoms with Crippen LogP contribution in [0, 0.1) is 0 Å². The van der Waals surface area contributed by atoms with Gasteiger partial charge in [0.2, 0.25) is 0 Å². The largest absolute Gasteiger partial charge is 0.348 e. The molecule has 5 nitrogen and oxygen atoms in total. The van der Waals surface area contributed by atoms with Gasteiger partial charge in [0.05, 0.1) is 13.2 Å². The van der Waals surface area contributed by atoms with Crippen LogP contribution < -0.4 is 0 Å². The fourth-order valence-corrected chi connectivity index (χ4v) is 3.11. The van der Waals surface area contributed by atoms with Crippen LogP contribution in [0.2, 0.25) is 0 Å². The maximum absolute atomic E-state index is 11.0. The third kappa shape index (κ3) is 2.37. The van der Waals surface area contributed by atoms with Gasteiger partial charge in [-0.05, 0) is 17.9 Å². The van der Waals surface area contributed by atoms with Crippen LogP contribution in [-0.4, -0.2) is 26.2 Å². The number of rotatable bonds is 2. The lowest BCUT2D eigenvalue weighted by Crippen LogP contribution is -2.18. The lowest BCUT2D eigenvalue weighted by atomic mass is 10.3. The maximum Gasteiger partial charge on any atom is 0.304 e. The Morgan fingerprint density at radius 2 is 2.07 bits per heavy atom. The van der Waals surface area contributed by atoms with Crippen molar-refractivity contribution in [1.29, 1.82) is 0 Å². The molecule has 0 aromatic carbocycles. The van der Waals surface area contributed by atoms with Crippen molar-refractivity contribution in [2.24, 2.45) is 0 Å². The second-order valence-corrected chi connectivity index (χ2v) is 5.60. The SMILES string of the molecule is O=S(=O)(O)c1sccc1C1OCCCO1. The Labute approximate surface area is 91.4 Å². The highest BCUT2D eigenvalue weighted by Crippen LogP contribution is 2.32. The number of ether oxygens (including phenoxy) is 2. The molecule has 2 heterocycles. The molecule has 1 aromatic heterocycles. The van der Waals surface area contributed by atoms with E-state index in [1.165, 1.54) is 0 Å². The van der Waals surface area contributed by atoms with Gasteiger partial charge in [0.25, 0.3) is 0 Å². The molecular weight excluding hydrogens is 240 g/mol. The Hall–Kier alpha value is -0.470. The first-order valence-corrected chi connectivity index (χ1v) is 6.69. The second-order valence-electron chi connectivity index (χ2n) is 3.07. The highest BCUT2D eigenvalue weighted by Gasteiger charge is 2.26. The molecule has 7 heteroatoms. The zero-order valence-corrected chi connectivity index (χ0v) is 9.38. The average molecular weight is 250 g/mol. The van der Waals surface area contributed by atoms with Crippen molar-refractivity contribution in [3.05, 3.63) is 17.0 Å². The molecule has 84 valence electrons. The van der Waals surface area contributed by atoms with Gasteiger partial charge in [0, 0.05) is 5.56 Å². The molecule has 0 unspecified atom stereocenters. The Balaban J connectivity index is 2.32. The zero-order valence-electron chi connectivity index (χ0n) is 7.75. The summed E-state index contributed by atoms with van der Waals surface area (Å²) in [5.41, 5.74) is 0.377. The van der Waals surface area contributed by atoms with Crippen molar-refractivity contribution in [3.63, 3.8) is 0 Å². The Kier molecular flexibility index (Phi) is 3.08. The first-order chi connectivity index (χ1) is 7.09. The predicted molar refractivity (Wildman–Crippen MR) is 53.4 cm³/mol. The van der Waals surface area contributed by atoms with Crippen LogP contribution in [0.25, 0.3) is 0 Å². The zero-order chi connectivity index (χ0) is 10.9. The molecule has 0 radical (unpaired) electrons. The highest BCUT2D eigenvalue weighted by molar-refractivity contribution is 7.88. The molecule has 1 fully saturated rings. The number of thiophene rings is 1. The van der Waals surface area contributed by atoms with Crippen LogP contribution in [0.15, 0.2) is 15.7 Å². The van der Waals surface area contributed by atoms with E-state index < -0.39 is 16.4 Å². The monoisotopic (exact) mass is 250 g/mol. The molecule has 1 aliphatic rings. The fourth-order valence-electron chi connectivity index (χ4n) is 1.36. The standard InChI is InChI=1S/C8H10O5S2/c9-15(10,11)8-6(2-5-14-8)7-12-3-1-4-13-7/h2,5,7H,1,3-4H2,(H,9,10,11). The van der Waals surface area contributed by atoms with Crippen LogP contribution in [0.4, 0.5) is 0 Å². The molecule has 0 aliphatic carbocycles. The summed E-state index contributed by atoms with van der Waals surface area (Å²) >= 11 is 0.952. The molecular formula is C8H10O5S2. The summed E-state index contributed by atoms with van der Waals surface area (Å²) in [4.78, 5) is 0. The lowest BCUT2D eigenvalue weighted by Gasteiger charge is -2.23. The first-order valence-electron chi connectivity index (χ1n) is 4.37. The van der Waals surface area contributed by atoms with Gasteiger partial charge in [-0.25, -0.2) is 0 Å². The summed E-state index contributed by atoms with van der Waals surface area (Å²) in [6, 6.07) is 1.59. The van der Waals surface area contributed by atoms with Crippen molar-refractivity contribution in [2.45, 2.75) is 16.9 Å². The molecule has 0 amide bonds. The fraction of sp³-hybridized carbons (Fsp3) is 0.500. The van der Waals surface area contributed by atoms with E-state index in [0.29, 0.717) is 18.8 Å². The van der Waals surface area contributed by atoms with Crippen LogP contribution in [0.3, 0.4) is 0 Å². The molecule has 0 spiro atoms. The third-order valence-corrected chi connectivity index (χ3v) is 4.32. The lowest BCUT2D eigenvalue weighted by molar-refractivity contribution is -0.184. The number of hydrogen-bond donors (Lipinski definition) is 1. The van der Waals surface area contributed by atoms with Crippen LogP contribution in [-0.2, 0) is 19.6 Å². The summed E-state index contributed by atoms with van der Waals surface area (Å²) in [7, 11) is -4.18. The van der Waals surface area contributed by atoms with Crippen molar-refractivity contribution < 1.29 is 22.4 Å². The van der Waals surface area contributed by atoms with Gasteiger partial charge in [0.15, 0.2) is 10.5 Å². The van der Waals surface area contributed by atoms with Crippen molar-refractivity contribution in [3.8, 4) is 0 Å². The van der Waals surface area contributed by atoms with E-state index in [0.717, 1.165) is 17.8 Å². The molecule has 15 heavy (non-hydrogen) atoms. The van der Waals surface area contributed by atoms with Crippen LogP contribution >= 0.6 is 11.3 Å². The van der Waals surface area contributed by atoms with Crippen LogP contribution in [0.1, 0.15) is 18.3 Å². The summed E-state index contributed by atoms with van der Waals surface area (Å²) in [6.07, 6.45) is 0.115. The Morgan fingerprint density at radius 3 is 2.67 bits per heavy atom. The van der Waals surface area contributed by atoms with Gasteiger partial charge >= 0.3 is 10.1 Å². The van der Waals surface area contributed by atoms with Crippen molar-refractivity contribution in [1.82, 2.24) is 0 Å². The topological polar surface area (TPSA) is 72.8 Å². The van der Waals surface area contributed by atoms with Gasteiger partial charge in [-0.15, -0.1) is 11.3 Å². The molecule has 2 rings (SSSR count). The third-order valence-electron chi connectivity index (χ3n) is 1.97. The van der Waals surface area contributed by atoms with Crippen molar-refractivity contribution in [2.75, 3.05) is 13.2 Å². The van der Waals surface area contributed by atoms with E-state index in [2.05, 4.69) is 0 Å². The van der Waals surface area contributed by atoms with Gasteiger partial charge in [-0.2, -0.15) is 8.42 Å². The minimum atomic E-state index is -4.18. The minimum absolute atomic E-state index is 0.102. The van der Waals surface area contributed by atoms with Crippen LogP contribution in [0.5, 0.6) is 0 Å². The predicted octanol–water partition coefficient (Wildman–Crippen LogP) is 1.43. The summed E-state index contributed by atoms with van der Waals surface area (Å²) < 4.78 is 41.4. The second kappa shape index (κ2) is 4.18. The molecule has 0 atom stereocenters. The average Bonchev–Trinajstić information content (AvgIpc) is 2.67. The quantitative estimate of drug-likeness (QED) is 0.804. The molecule has 1 aromatic rings. The Morgan fingerprint density at radius 1 is 1.40 bits per heavy atom. The summed E-state index contributed by atoms with van der Waals surface area (Å²) in [6.45, 7) is 1.07.